The standard InChI is InChI=1S/C10H11BrN2/c1-7(11)10-12-8-5-3-4-6-9(8)13(10)2/h3-7H,1-2H3. The molecule has 0 spiro atoms. The third-order valence-corrected chi connectivity index (χ3v) is 2.59. The van der Waals surface area contributed by atoms with E-state index in [1.807, 2.05) is 25.2 Å². The van der Waals surface area contributed by atoms with Gasteiger partial charge in [-0.1, -0.05) is 28.1 Å². The molecule has 0 bridgehead atoms. The highest BCUT2D eigenvalue weighted by Crippen LogP contribution is 2.24. The van der Waals surface area contributed by atoms with Gasteiger partial charge < -0.3 is 4.57 Å². The predicted molar refractivity (Wildman–Crippen MR) is 58.1 cm³/mol. The Hall–Kier alpha value is -0.830. The van der Waals surface area contributed by atoms with Gasteiger partial charge in [0.05, 0.1) is 15.9 Å². The van der Waals surface area contributed by atoms with Gasteiger partial charge in [0.25, 0.3) is 0 Å². The van der Waals surface area contributed by atoms with Crippen LogP contribution in [0.2, 0.25) is 0 Å². The van der Waals surface area contributed by atoms with Crippen LogP contribution in [0.4, 0.5) is 0 Å². The molecular weight excluding hydrogens is 228 g/mol. The molecule has 68 valence electrons. The van der Waals surface area contributed by atoms with Gasteiger partial charge in [-0.15, -0.1) is 0 Å². The van der Waals surface area contributed by atoms with Crippen LogP contribution in [0.15, 0.2) is 24.3 Å². The summed E-state index contributed by atoms with van der Waals surface area (Å²) in [4.78, 5) is 4.82. The van der Waals surface area contributed by atoms with Gasteiger partial charge in [-0.25, -0.2) is 4.98 Å². The topological polar surface area (TPSA) is 17.8 Å². The lowest BCUT2D eigenvalue weighted by Crippen LogP contribution is -1.97. The summed E-state index contributed by atoms with van der Waals surface area (Å²) in [5.41, 5.74) is 2.25. The highest BCUT2D eigenvalue weighted by molar-refractivity contribution is 9.09. The molecular formula is C10H11BrN2. The number of nitrogens with zero attached hydrogens (tertiary/aromatic N) is 2. The number of imidazole rings is 1. The number of aromatic nitrogens is 2. The molecule has 0 aliphatic rings. The molecule has 1 aromatic heterocycles. The Morgan fingerprint density at radius 3 is 2.69 bits per heavy atom. The summed E-state index contributed by atoms with van der Waals surface area (Å²) in [6.07, 6.45) is 0. The van der Waals surface area contributed by atoms with Crippen molar-refractivity contribution >= 4 is 27.0 Å². The van der Waals surface area contributed by atoms with Crippen LogP contribution < -0.4 is 0 Å². The van der Waals surface area contributed by atoms with E-state index in [-0.39, 0.29) is 0 Å². The lowest BCUT2D eigenvalue weighted by Gasteiger charge is -2.02. The molecule has 2 rings (SSSR count). The van der Waals surface area contributed by atoms with E-state index in [0.29, 0.717) is 4.83 Å². The summed E-state index contributed by atoms with van der Waals surface area (Å²) in [6, 6.07) is 8.17. The summed E-state index contributed by atoms with van der Waals surface area (Å²) in [7, 11) is 2.04. The average Bonchev–Trinajstić information content (AvgIpc) is 2.45. The van der Waals surface area contributed by atoms with E-state index in [9.17, 15) is 0 Å². The molecule has 0 N–H and O–H groups in total. The number of alkyl halides is 1. The van der Waals surface area contributed by atoms with Gasteiger partial charge in [0, 0.05) is 7.05 Å². The molecule has 0 aliphatic heterocycles. The van der Waals surface area contributed by atoms with Crippen LogP contribution in [-0.2, 0) is 7.05 Å². The highest BCUT2D eigenvalue weighted by Gasteiger charge is 2.10. The number of hydrogen-bond acceptors (Lipinski definition) is 1. The molecule has 3 heteroatoms. The van der Waals surface area contributed by atoms with Crippen LogP contribution in [-0.4, -0.2) is 9.55 Å². The Balaban J connectivity index is 2.74. The Morgan fingerprint density at radius 1 is 1.38 bits per heavy atom. The summed E-state index contributed by atoms with van der Waals surface area (Å²) < 4.78 is 2.12. The second-order valence-corrected chi connectivity index (χ2v) is 4.51. The molecule has 0 amide bonds. The van der Waals surface area contributed by atoms with Crippen molar-refractivity contribution in [1.82, 2.24) is 9.55 Å². The first-order valence-corrected chi connectivity index (χ1v) is 5.17. The van der Waals surface area contributed by atoms with Crippen LogP contribution in [0.1, 0.15) is 17.6 Å². The van der Waals surface area contributed by atoms with E-state index in [2.05, 4.69) is 38.5 Å². The van der Waals surface area contributed by atoms with E-state index < -0.39 is 0 Å². The zero-order valence-electron chi connectivity index (χ0n) is 7.66. The minimum Gasteiger partial charge on any atom is -0.330 e. The maximum Gasteiger partial charge on any atom is 0.123 e. The Morgan fingerprint density at radius 2 is 2.08 bits per heavy atom. The number of fused-ring (bicyclic) bond motifs is 1. The highest BCUT2D eigenvalue weighted by atomic mass is 79.9. The van der Waals surface area contributed by atoms with Gasteiger partial charge in [-0.2, -0.15) is 0 Å². The fourth-order valence-corrected chi connectivity index (χ4v) is 1.93. The molecule has 0 aliphatic carbocycles. The van der Waals surface area contributed by atoms with Crippen LogP contribution in [0.5, 0.6) is 0 Å². The lowest BCUT2D eigenvalue weighted by molar-refractivity contribution is 0.824. The van der Waals surface area contributed by atoms with Crippen molar-refractivity contribution in [2.75, 3.05) is 0 Å². The summed E-state index contributed by atoms with van der Waals surface area (Å²) in [5.74, 6) is 1.07. The van der Waals surface area contributed by atoms with E-state index in [1.165, 1.54) is 5.52 Å². The lowest BCUT2D eigenvalue weighted by atomic mass is 10.3. The normalized spacial score (nSPS) is 13.5. The average molecular weight is 239 g/mol. The molecule has 0 saturated carbocycles. The second-order valence-electron chi connectivity index (χ2n) is 3.13. The fourth-order valence-electron chi connectivity index (χ4n) is 1.52. The predicted octanol–water partition coefficient (Wildman–Crippen LogP) is 3.03. The van der Waals surface area contributed by atoms with Crippen molar-refractivity contribution in [1.29, 1.82) is 0 Å². The van der Waals surface area contributed by atoms with Crippen LogP contribution in [0.25, 0.3) is 11.0 Å². The molecule has 2 aromatic rings. The maximum absolute atomic E-state index is 4.53. The van der Waals surface area contributed by atoms with Crippen molar-refractivity contribution in [3.8, 4) is 0 Å². The third kappa shape index (κ3) is 1.37. The van der Waals surface area contributed by atoms with E-state index in [4.69, 9.17) is 0 Å². The van der Waals surface area contributed by atoms with Crippen LogP contribution >= 0.6 is 15.9 Å². The van der Waals surface area contributed by atoms with Gasteiger partial charge in [-0.05, 0) is 19.1 Å². The van der Waals surface area contributed by atoms with Gasteiger partial charge >= 0.3 is 0 Å². The molecule has 1 atom stereocenters. The fraction of sp³-hybridized carbons (Fsp3) is 0.300. The van der Waals surface area contributed by atoms with Gasteiger partial charge in [0.2, 0.25) is 0 Å². The summed E-state index contributed by atoms with van der Waals surface area (Å²) in [5, 5.41) is 0. The molecule has 0 saturated heterocycles. The van der Waals surface area contributed by atoms with Gasteiger partial charge in [0.1, 0.15) is 5.82 Å². The molecule has 1 aromatic carbocycles. The zero-order valence-corrected chi connectivity index (χ0v) is 9.25. The van der Waals surface area contributed by atoms with Crippen molar-refractivity contribution in [3.63, 3.8) is 0 Å². The zero-order chi connectivity index (χ0) is 9.42. The Bertz CT molecular complexity index is 431. The smallest absolute Gasteiger partial charge is 0.123 e. The minimum absolute atomic E-state index is 0.296. The van der Waals surface area contributed by atoms with Gasteiger partial charge in [0.15, 0.2) is 0 Å². The van der Waals surface area contributed by atoms with E-state index in [0.717, 1.165) is 11.3 Å². The van der Waals surface area contributed by atoms with E-state index in [1.54, 1.807) is 0 Å². The number of para-hydroxylation sites is 2. The number of rotatable bonds is 1. The summed E-state index contributed by atoms with van der Waals surface area (Å²) in [6.45, 7) is 2.08. The Kier molecular flexibility index (Phi) is 2.12. The summed E-state index contributed by atoms with van der Waals surface area (Å²) >= 11 is 3.53. The first-order valence-electron chi connectivity index (χ1n) is 4.25. The largest absolute Gasteiger partial charge is 0.330 e. The van der Waals surface area contributed by atoms with Gasteiger partial charge in [-0.3, -0.25) is 0 Å². The number of hydrogen-bond donors (Lipinski definition) is 0. The molecule has 13 heavy (non-hydrogen) atoms. The molecule has 1 heterocycles. The minimum atomic E-state index is 0.296. The first-order chi connectivity index (χ1) is 6.20. The first kappa shape index (κ1) is 8.75. The molecule has 0 radical (unpaired) electrons. The maximum atomic E-state index is 4.53. The quantitative estimate of drug-likeness (QED) is 0.699. The van der Waals surface area contributed by atoms with Crippen molar-refractivity contribution < 1.29 is 0 Å². The third-order valence-electron chi connectivity index (χ3n) is 2.18. The van der Waals surface area contributed by atoms with Crippen LogP contribution in [0.3, 0.4) is 0 Å². The number of benzene rings is 1. The van der Waals surface area contributed by atoms with Crippen LogP contribution in [0, 0.1) is 0 Å². The number of aryl methyl sites for hydroxylation is 1. The van der Waals surface area contributed by atoms with Crippen molar-refractivity contribution in [2.45, 2.75) is 11.8 Å². The van der Waals surface area contributed by atoms with Crippen molar-refractivity contribution in [3.05, 3.63) is 30.1 Å². The SMILES string of the molecule is CC(Br)c1nc2ccccc2n1C. The Labute approximate surface area is 85.7 Å². The number of halogens is 1. The van der Waals surface area contributed by atoms with Crippen molar-refractivity contribution in [2.24, 2.45) is 7.05 Å². The monoisotopic (exact) mass is 238 g/mol. The second kappa shape index (κ2) is 3.14. The molecule has 0 fully saturated rings. The molecule has 1 unspecified atom stereocenters. The molecule has 2 nitrogen and oxygen atoms in total. The van der Waals surface area contributed by atoms with E-state index >= 15 is 0 Å².